The Kier molecular flexibility index (Phi) is 6.85. The van der Waals surface area contributed by atoms with Crippen molar-refractivity contribution < 1.29 is 9.53 Å². The van der Waals surface area contributed by atoms with Gasteiger partial charge in [-0.25, -0.2) is 4.98 Å². The minimum atomic E-state index is -0.145. The molecule has 2 heterocycles. The van der Waals surface area contributed by atoms with Crippen LogP contribution in [0.1, 0.15) is 19.4 Å². The van der Waals surface area contributed by atoms with Crippen LogP contribution in [0.3, 0.4) is 0 Å². The minimum absolute atomic E-state index is 0.0979. The van der Waals surface area contributed by atoms with E-state index in [1.165, 1.54) is 7.11 Å². The van der Waals surface area contributed by atoms with Crippen LogP contribution in [-0.2, 0) is 16.0 Å². The summed E-state index contributed by atoms with van der Waals surface area (Å²) in [5.74, 6) is 0.854. The number of nitrogens with one attached hydrogen (secondary N) is 1. The Morgan fingerprint density at radius 3 is 2.92 bits per heavy atom. The van der Waals surface area contributed by atoms with E-state index in [1.54, 1.807) is 12.3 Å². The highest BCUT2D eigenvalue weighted by atomic mass is 35.5. The summed E-state index contributed by atoms with van der Waals surface area (Å²) in [6.45, 7) is 6.99. The van der Waals surface area contributed by atoms with Crippen molar-refractivity contribution in [3.63, 3.8) is 0 Å². The standard InChI is InChI=1S/C17H25ClN4O2/c1-4-19-17(20-8-7-13-5-6-15(18)21-9-13)22-10-12(2)14(11-22)16(23)24-3/h5-6,9,12,14H,4,7-8,10-11H2,1-3H3,(H,19,20). The Balaban J connectivity index is 1.98. The van der Waals surface area contributed by atoms with Crippen LogP contribution in [0.25, 0.3) is 0 Å². The third-order valence-electron chi connectivity index (χ3n) is 4.20. The van der Waals surface area contributed by atoms with E-state index in [0.29, 0.717) is 18.2 Å². The van der Waals surface area contributed by atoms with Crippen LogP contribution >= 0.6 is 11.6 Å². The molecular formula is C17H25ClN4O2. The number of halogens is 1. The van der Waals surface area contributed by atoms with Gasteiger partial charge in [0.25, 0.3) is 0 Å². The normalized spacial score (nSPS) is 21.0. The summed E-state index contributed by atoms with van der Waals surface area (Å²) < 4.78 is 4.90. The third-order valence-corrected chi connectivity index (χ3v) is 4.42. The number of nitrogens with zero attached hydrogens (tertiary/aromatic N) is 3. The molecule has 1 aromatic heterocycles. The number of pyridine rings is 1. The lowest BCUT2D eigenvalue weighted by Gasteiger charge is -2.21. The topological polar surface area (TPSA) is 66.8 Å². The average Bonchev–Trinajstić information content (AvgIpc) is 2.97. The molecule has 1 saturated heterocycles. The fraction of sp³-hybridized carbons (Fsp3) is 0.588. The first-order valence-corrected chi connectivity index (χ1v) is 8.64. The van der Waals surface area contributed by atoms with Crippen molar-refractivity contribution in [1.82, 2.24) is 15.2 Å². The zero-order valence-corrected chi connectivity index (χ0v) is 15.2. The molecule has 6 nitrogen and oxygen atoms in total. The predicted molar refractivity (Wildman–Crippen MR) is 95.2 cm³/mol. The summed E-state index contributed by atoms with van der Waals surface area (Å²) in [6, 6.07) is 3.75. The number of esters is 1. The van der Waals surface area contributed by atoms with Gasteiger partial charge in [0.2, 0.25) is 0 Å². The maximum Gasteiger partial charge on any atom is 0.310 e. The molecule has 0 saturated carbocycles. The maximum atomic E-state index is 11.9. The predicted octanol–water partition coefficient (Wildman–Crippen LogP) is 1.98. The molecule has 24 heavy (non-hydrogen) atoms. The summed E-state index contributed by atoms with van der Waals surface area (Å²) in [5, 5.41) is 3.80. The second-order valence-electron chi connectivity index (χ2n) is 5.99. The number of carbonyl (C=O) groups is 1. The van der Waals surface area contributed by atoms with Crippen LogP contribution in [0.5, 0.6) is 0 Å². The zero-order chi connectivity index (χ0) is 17.5. The van der Waals surface area contributed by atoms with Crippen molar-refractivity contribution >= 4 is 23.5 Å². The Morgan fingerprint density at radius 2 is 2.29 bits per heavy atom. The first-order valence-electron chi connectivity index (χ1n) is 8.26. The molecule has 132 valence electrons. The van der Waals surface area contributed by atoms with Crippen LogP contribution in [-0.4, -0.2) is 55.1 Å². The number of ether oxygens (including phenoxy) is 1. The lowest BCUT2D eigenvalue weighted by molar-refractivity contribution is -0.145. The number of aliphatic imine (C=N–C) groups is 1. The second-order valence-corrected chi connectivity index (χ2v) is 6.37. The average molecular weight is 353 g/mol. The largest absolute Gasteiger partial charge is 0.469 e. The fourth-order valence-corrected chi connectivity index (χ4v) is 2.98. The van der Waals surface area contributed by atoms with Gasteiger partial charge in [-0.2, -0.15) is 0 Å². The van der Waals surface area contributed by atoms with Crippen molar-refractivity contribution in [3.8, 4) is 0 Å². The lowest BCUT2D eigenvalue weighted by atomic mass is 9.99. The van der Waals surface area contributed by atoms with Crippen molar-refractivity contribution in [2.45, 2.75) is 20.3 Å². The SMILES string of the molecule is CCNC(=NCCc1ccc(Cl)nc1)N1CC(C)C(C(=O)OC)C1. The van der Waals surface area contributed by atoms with Gasteiger partial charge in [0, 0.05) is 32.4 Å². The number of carbonyl (C=O) groups excluding carboxylic acids is 1. The first-order chi connectivity index (χ1) is 11.5. The number of hydrogen-bond donors (Lipinski definition) is 1. The molecule has 7 heteroatoms. The molecule has 0 aliphatic carbocycles. The quantitative estimate of drug-likeness (QED) is 0.380. The Hall–Kier alpha value is -1.82. The van der Waals surface area contributed by atoms with Crippen LogP contribution < -0.4 is 5.32 Å². The first kappa shape index (κ1) is 18.5. The van der Waals surface area contributed by atoms with E-state index in [9.17, 15) is 4.79 Å². The van der Waals surface area contributed by atoms with E-state index >= 15 is 0 Å². The number of likely N-dealkylation sites (tertiary alicyclic amines) is 1. The minimum Gasteiger partial charge on any atom is -0.469 e. The molecule has 0 spiro atoms. The zero-order valence-electron chi connectivity index (χ0n) is 14.5. The highest BCUT2D eigenvalue weighted by Gasteiger charge is 2.36. The smallest absolute Gasteiger partial charge is 0.310 e. The van der Waals surface area contributed by atoms with Gasteiger partial charge in [-0.05, 0) is 30.9 Å². The van der Waals surface area contributed by atoms with Gasteiger partial charge in [-0.3, -0.25) is 9.79 Å². The van der Waals surface area contributed by atoms with Crippen LogP contribution in [0.2, 0.25) is 5.15 Å². The Morgan fingerprint density at radius 1 is 1.50 bits per heavy atom. The molecule has 0 amide bonds. The van der Waals surface area contributed by atoms with Crippen molar-refractivity contribution in [2.24, 2.45) is 16.8 Å². The van der Waals surface area contributed by atoms with E-state index in [-0.39, 0.29) is 17.8 Å². The summed E-state index contributed by atoms with van der Waals surface area (Å²) in [6.07, 6.45) is 2.57. The summed E-state index contributed by atoms with van der Waals surface area (Å²) >= 11 is 5.80. The van der Waals surface area contributed by atoms with Crippen molar-refractivity contribution in [1.29, 1.82) is 0 Å². The monoisotopic (exact) mass is 352 g/mol. The van der Waals surface area contributed by atoms with Crippen molar-refractivity contribution in [2.75, 3.05) is 33.3 Å². The molecule has 1 aliphatic heterocycles. The number of aromatic nitrogens is 1. The number of hydrogen-bond acceptors (Lipinski definition) is 4. The molecule has 1 fully saturated rings. The molecule has 0 radical (unpaired) electrons. The molecule has 2 unspecified atom stereocenters. The fourth-order valence-electron chi connectivity index (χ4n) is 2.87. The number of rotatable bonds is 5. The van der Waals surface area contributed by atoms with Gasteiger partial charge in [0.05, 0.1) is 13.0 Å². The molecule has 1 N–H and O–H groups in total. The van der Waals surface area contributed by atoms with Crippen molar-refractivity contribution in [3.05, 3.63) is 29.0 Å². The summed E-state index contributed by atoms with van der Waals surface area (Å²) in [4.78, 5) is 22.7. The van der Waals surface area contributed by atoms with Crippen LogP contribution in [0, 0.1) is 11.8 Å². The highest BCUT2D eigenvalue weighted by Crippen LogP contribution is 2.24. The van der Waals surface area contributed by atoms with Gasteiger partial charge in [-0.15, -0.1) is 0 Å². The van der Waals surface area contributed by atoms with E-state index in [0.717, 1.165) is 31.0 Å². The highest BCUT2D eigenvalue weighted by molar-refractivity contribution is 6.29. The van der Waals surface area contributed by atoms with E-state index in [4.69, 9.17) is 16.3 Å². The van der Waals surface area contributed by atoms with Gasteiger partial charge >= 0.3 is 5.97 Å². The van der Waals surface area contributed by atoms with Gasteiger partial charge in [-0.1, -0.05) is 24.6 Å². The van der Waals surface area contributed by atoms with Crippen LogP contribution in [0.15, 0.2) is 23.3 Å². The second kappa shape index (κ2) is 8.87. The molecule has 0 aromatic carbocycles. The van der Waals surface area contributed by atoms with Gasteiger partial charge < -0.3 is 15.0 Å². The van der Waals surface area contributed by atoms with Gasteiger partial charge in [0.1, 0.15) is 5.15 Å². The van der Waals surface area contributed by atoms with E-state index < -0.39 is 0 Å². The number of methoxy groups -OCH3 is 1. The third kappa shape index (κ3) is 4.84. The van der Waals surface area contributed by atoms with Gasteiger partial charge in [0.15, 0.2) is 5.96 Å². The summed E-state index contributed by atoms with van der Waals surface area (Å²) in [5.41, 5.74) is 1.10. The van der Waals surface area contributed by atoms with E-state index in [1.807, 2.05) is 13.0 Å². The molecule has 1 aromatic rings. The number of guanidine groups is 1. The Labute approximate surface area is 148 Å². The molecule has 1 aliphatic rings. The molecular weight excluding hydrogens is 328 g/mol. The lowest BCUT2D eigenvalue weighted by Crippen LogP contribution is -2.40. The summed E-state index contributed by atoms with van der Waals surface area (Å²) in [7, 11) is 1.44. The molecule has 2 atom stereocenters. The maximum absolute atomic E-state index is 11.9. The van der Waals surface area contributed by atoms with Crippen LogP contribution in [0.4, 0.5) is 0 Å². The Bertz CT molecular complexity index is 576. The molecule has 2 rings (SSSR count). The molecule has 0 bridgehead atoms. The van der Waals surface area contributed by atoms with E-state index in [2.05, 4.69) is 27.1 Å².